The Morgan fingerprint density at radius 1 is 1.00 bits per heavy atom. The summed E-state index contributed by atoms with van der Waals surface area (Å²) >= 11 is 0. The lowest BCUT2D eigenvalue weighted by Gasteiger charge is -2.26. The monoisotopic (exact) mass is 417 g/mol. The highest BCUT2D eigenvalue weighted by Crippen LogP contribution is 2.31. The molecule has 1 N–H and O–H groups in total. The predicted molar refractivity (Wildman–Crippen MR) is 106 cm³/mol. The van der Waals surface area contributed by atoms with Gasteiger partial charge in [-0.25, -0.2) is 9.97 Å². The van der Waals surface area contributed by atoms with Crippen LogP contribution in [0.3, 0.4) is 0 Å². The van der Waals surface area contributed by atoms with Crippen LogP contribution in [0.1, 0.15) is 25.0 Å². The van der Waals surface area contributed by atoms with Gasteiger partial charge in [-0.15, -0.1) is 0 Å². The van der Waals surface area contributed by atoms with Gasteiger partial charge in [-0.2, -0.15) is 18.3 Å². The van der Waals surface area contributed by atoms with Gasteiger partial charge in [0.15, 0.2) is 11.5 Å². The Morgan fingerprint density at radius 3 is 2.50 bits per heavy atom. The molecule has 4 rings (SSSR count). The summed E-state index contributed by atoms with van der Waals surface area (Å²) in [5.41, 5.74) is 0.0156. The van der Waals surface area contributed by atoms with Crippen molar-refractivity contribution >= 4 is 11.5 Å². The van der Waals surface area contributed by atoms with Crippen LogP contribution in [0.25, 0.3) is 11.4 Å². The van der Waals surface area contributed by atoms with E-state index in [0.29, 0.717) is 11.3 Å². The molecule has 4 heterocycles. The first-order valence-corrected chi connectivity index (χ1v) is 9.86. The van der Waals surface area contributed by atoms with Crippen molar-refractivity contribution in [1.82, 2.24) is 29.6 Å². The SMILES string of the molecule is FC(F)(F)c1cc(Nc2cnn(CCN3CCCCC3)c2)nc(-c2ccncc2)n1. The molecule has 0 bridgehead atoms. The van der Waals surface area contributed by atoms with Crippen molar-refractivity contribution in [2.24, 2.45) is 0 Å². The Hall–Kier alpha value is -3.01. The number of aromatic nitrogens is 5. The van der Waals surface area contributed by atoms with Crippen LogP contribution >= 0.6 is 0 Å². The third-order valence-corrected chi connectivity index (χ3v) is 4.95. The van der Waals surface area contributed by atoms with E-state index in [2.05, 4.69) is 30.3 Å². The smallest absolute Gasteiger partial charge is 0.338 e. The van der Waals surface area contributed by atoms with Crippen LogP contribution in [-0.4, -0.2) is 49.3 Å². The minimum atomic E-state index is -4.58. The Bertz CT molecular complexity index is 966. The number of anilines is 2. The van der Waals surface area contributed by atoms with Crippen LogP contribution in [0.15, 0.2) is 43.0 Å². The number of halogens is 3. The van der Waals surface area contributed by atoms with E-state index in [0.717, 1.165) is 32.2 Å². The molecular formula is C20H22F3N7. The fourth-order valence-electron chi connectivity index (χ4n) is 3.41. The van der Waals surface area contributed by atoms with Gasteiger partial charge >= 0.3 is 6.18 Å². The number of alkyl halides is 3. The first kappa shape index (κ1) is 20.3. The van der Waals surface area contributed by atoms with Crippen molar-refractivity contribution in [2.75, 3.05) is 25.0 Å². The second-order valence-electron chi connectivity index (χ2n) is 7.22. The molecule has 0 atom stereocenters. The highest BCUT2D eigenvalue weighted by Gasteiger charge is 2.34. The quantitative estimate of drug-likeness (QED) is 0.654. The summed E-state index contributed by atoms with van der Waals surface area (Å²) in [6.07, 6.45) is 5.47. The topological polar surface area (TPSA) is 71.8 Å². The third kappa shape index (κ3) is 5.12. The normalized spacial score (nSPS) is 15.3. The van der Waals surface area contributed by atoms with E-state index in [9.17, 15) is 13.2 Å². The second-order valence-corrected chi connectivity index (χ2v) is 7.22. The maximum absolute atomic E-state index is 13.3. The van der Waals surface area contributed by atoms with Crippen molar-refractivity contribution in [3.63, 3.8) is 0 Å². The molecule has 0 aromatic carbocycles. The van der Waals surface area contributed by atoms with Crippen molar-refractivity contribution in [2.45, 2.75) is 32.0 Å². The largest absolute Gasteiger partial charge is 0.433 e. The van der Waals surface area contributed by atoms with Gasteiger partial charge in [-0.05, 0) is 38.1 Å². The number of rotatable bonds is 6. The van der Waals surface area contributed by atoms with Crippen molar-refractivity contribution < 1.29 is 13.2 Å². The molecule has 30 heavy (non-hydrogen) atoms. The lowest BCUT2D eigenvalue weighted by molar-refractivity contribution is -0.141. The molecular weight excluding hydrogens is 395 g/mol. The van der Waals surface area contributed by atoms with Crippen LogP contribution < -0.4 is 5.32 Å². The molecule has 3 aromatic heterocycles. The molecule has 1 saturated heterocycles. The van der Waals surface area contributed by atoms with Crippen molar-refractivity contribution in [3.8, 4) is 11.4 Å². The van der Waals surface area contributed by atoms with Crippen LogP contribution in [0, 0.1) is 0 Å². The summed E-state index contributed by atoms with van der Waals surface area (Å²) in [6, 6.07) is 4.03. The molecule has 0 saturated carbocycles. The minimum Gasteiger partial charge on any atom is -0.338 e. The fourth-order valence-corrected chi connectivity index (χ4v) is 3.41. The summed E-state index contributed by atoms with van der Waals surface area (Å²) in [5, 5.41) is 7.22. The summed E-state index contributed by atoms with van der Waals surface area (Å²) in [7, 11) is 0. The summed E-state index contributed by atoms with van der Waals surface area (Å²) < 4.78 is 41.8. The molecule has 1 aliphatic heterocycles. The molecule has 1 aliphatic rings. The molecule has 1 fully saturated rings. The molecule has 3 aromatic rings. The standard InChI is InChI=1S/C20H22F3N7/c21-20(22,23)17-12-18(28-19(27-17)15-4-6-24-7-5-15)26-16-13-25-30(14-16)11-10-29-8-2-1-3-9-29/h4-7,12-14H,1-3,8-11H2,(H,26,27,28). The molecule has 0 spiro atoms. The number of piperidine rings is 1. The lowest BCUT2D eigenvalue weighted by Crippen LogP contribution is -2.32. The van der Waals surface area contributed by atoms with E-state index >= 15 is 0 Å². The van der Waals surface area contributed by atoms with Crippen molar-refractivity contribution in [1.29, 1.82) is 0 Å². The van der Waals surface area contributed by atoms with Crippen LogP contribution in [0.4, 0.5) is 24.7 Å². The van der Waals surface area contributed by atoms with E-state index < -0.39 is 11.9 Å². The zero-order valence-electron chi connectivity index (χ0n) is 16.3. The van der Waals surface area contributed by atoms with Crippen LogP contribution in [0.5, 0.6) is 0 Å². The van der Waals surface area contributed by atoms with Gasteiger partial charge in [0.2, 0.25) is 0 Å². The molecule has 158 valence electrons. The molecule has 10 heteroatoms. The number of pyridine rings is 1. The van der Waals surface area contributed by atoms with Gasteiger partial charge < -0.3 is 10.2 Å². The number of hydrogen-bond donors (Lipinski definition) is 1. The first-order valence-electron chi connectivity index (χ1n) is 9.86. The van der Waals surface area contributed by atoms with Gasteiger partial charge in [0.1, 0.15) is 5.82 Å². The van der Waals surface area contributed by atoms with Gasteiger partial charge in [0.05, 0.1) is 18.4 Å². The Morgan fingerprint density at radius 2 is 1.77 bits per heavy atom. The van der Waals surface area contributed by atoms with Crippen LogP contribution in [-0.2, 0) is 12.7 Å². The highest BCUT2D eigenvalue weighted by molar-refractivity contribution is 5.60. The third-order valence-electron chi connectivity index (χ3n) is 4.95. The maximum atomic E-state index is 13.3. The zero-order chi connectivity index (χ0) is 21.0. The minimum absolute atomic E-state index is 0.0211. The Balaban J connectivity index is 1.50. The van der Waals surface area contributed by atoms with Gasteiger partial charge in [0.25, 0.3) is 0 Å². The zero-order valence-corrected chi connectivity index (χ0v) is 16.3. The average molecular weight is 417 g/mol. The number of nitrogens with zero attached hydrogens (tertiary/aromatic N) is 6. The van der Waals surface area contributed by atoms with Crippen molar-refractivity contribution in [3.05, 3.63) is 48.7 Å². The predicted octanol–water partition coefficient (Wildman–Crippen LogP) is 3.98. The van der Waals surface area contributed by atoms with Gasteiger partial charge in [-0.3, -0.25) is 9.67 Å². The number of likely N-dealkylation sites (tertiary alicyclic amines) is 1. The van der Waals surface area contributed by atoms with E-state index in [1.165, 1.54) is 31.7 Å². The number of hydrogen-bond acceptors (Lipinski definition) is 6. The molecule has 0 unspecified atom stereocenters. The lowest BCUT2D eigenvalue weighted by atomic mass is 10.1. The molecule has 0 amide bonds. The highest BCUT2D eigenvalue weighted by atomic mass is 19.4. The Kier molecular flexibility index (Phi) is 5.93. The molecule has 0 radical (unpaired) electrons. The summed E-state index contributed by atoms with van der Waals surface area (Å²) in [4.78, 5) is 14.2. The Labute approximate surface area is 172 Å². The first-order chi connectivity index (χ1) is 14.5. The average Bonchev–Trinajstić information content (AvgIpc) is 3.20. The summed E-state index contributed by atoms with van der Waals surface area (Å²) in [5.74, 6) is 0.0342. The van der Waals surface area contributed by atoms with Gasteiger partial charge in [-0.1, -0.05) is 6.42 Å². The van der Waals surface area contributed by atoms with E-state index in [1.54, 1.807) is 29.2 Å². The molecule has 7 nitrogen and oxygen atoms in total. The maximum Gasteiger partial charge on any atom is 0.433 e. The molecule has 0 aliphatic carbocycles. The second kappa shape index (κ2) is 8.78. The van der Waals surface area contributed by atoms with Crippen LogP contribution in [0.2, 0.25) is 0 Å². The van der Waals surface area contributed by atoms with E-state index in [1.807, 2.05) is 0 Å². The number of nitrogens with one attached hydrogen (secondary N) is 1. The fraction of sp³-hybridized carbons (Fsp3) is 0.400. The van der Waals surface area contributed by atoms with Gasteiger partial charge in [0, 0.05) is 36.8 Å². The summed E-state index contributed by atoms with van der Waals surface area (Å²) in [6.45, 7) is 3.83. The van der Waals surface area contributed by atoms with E-state index in [-0.39, 0.29) is 11.6 Å². The van der Waals surface area contributed by atoms with E-state index in [4.69, 9.17) is 0 Å².